The first kappa shape index (κ1) is 18.6. The van der Waals surface area contributed by atoms with E-state index in [1.165, 1.54) is 13.8 Å². The Morgan fingerprint density at radius 1 is 1.33 bits per heavy atom. The number of aromatic nitrogens is 4. The van der Waals surface area contributed by atoms with Gasteiger partial charge in [-0.05, 0) is 26.0 Å². The van der Waals surface area contributed by atoms with Crippen LogP contribution in [0.2, 0.25) is 0 Å². The summed E-state index contributed by atoms with van der Waals surface area (Å²) < 4.78 is 38.8. The Kier molecular flexibility index (Phi) is 4.98. The highest BCUT2D eigenvalue weighted by Gasteiger charge is 2.29. The number of hydrogen-bond donors (Lipinski definition) is 3. The maximum Gasteiger partial charge on any atom is 0.255 e. The van der Waals surface area contributed by atoms with Crippen LogP contribution in [0.3, 0.4) is 0 Å². The summed E-state index contributed by atoms with van der Waals surface area (Å²) in [5.41, 5.74) is -0.133. The third-order valence-corrected chi connectivity index (χ3v) is 3.85. The van der Waals surface area contributed by atoms with E-state index < -0.39 is 30.2 Å². The fraction of sp³-hybridized carbons (Fsp3) is 0.294. The number of nitrogens with zero attached hydrogens (tertiary/aromatic N) is 3. The number of carbonyl (C=O) groups excluding carboxylic acids is 1. The first-order valence-corrected chi connectivity index (χ1v) is 8.07. The van der Waals surface area contributed by atoms with Crippen molar-refractivity contribution in [3.8, 4) is 11.4 Å². The smallest absolute Gasteiger partial charge is 0.255 e. The molecule has 0 aromatic carbocycles. The van der Waals surface area contributed by atoms with Gasteiger partial charge in [0, 0.05) is 23.3 Å². The van der Waals surface area contributed by atoms with E-state index in [0.717, 1.165) is 11.6 Å². The number of amides is 1. The number of anilines is 1. The van der Waals surface area contributed by atoms with Gasteiger partial charge in [0.1, 0.15) is 11.2 Å². The van der Waals surface area contributed by atoms with E-state index in [4.69, 9.17) is 0 Å². The molecule has 142 valence electrons. The van der Waals surface area contributed by atoms with Crippen molar-refractivity contribution in [3.05, 3.63) is 36.5 Å². The number of nitrogens with one attached hydrogen (secondary N) is 3. The van der Waals surface area contributed by atoms with Crippen molar-refractivity contribution in [2.24, 2.45) is 0 Å². The van der Waals surface area contributed by atoms with Crippen LogP contribution in [-0.2, 0) is 4.79 Å². The summed E-state index contributed by atoms with van der Waals surface area (Å²) in [5, 5.41) is 5.50. The summed E-state index contributed by atoms with van der Waals surface area (Å²) in [6.07, 6.45) is 1.58. The number of carbonyl (C=O) groups is 1. The molecule has 0 saturated heterocycles. The highest BCUT2D eigenvalue weighted by Crippen LogP contribution is 2.26. The summed E-state index contributed by atoms with van der Waals surface area (Å²) >= 11 is 0. The molecule has 3 heterocycles. The van der Waals surface area contributed by atoms with Crippen LogP contribution in [0.15, 0.2) is 30.7 Å². The average Bonchev–Trinajstić information content (AvgIpc) is 3.05. The normalized spacial score (nSPS) is 11.8. The van der Waals surface area contributed by atoms with Crippen LogP contribution in [-0.4, -0.2) is 44.4 Å². The molecule has 3 N–H and O–H groups in total. The van der Waals surface area contributed by atoms with Gasteiger partial charge in [0.15, 0.2) is 17.5 Å². The molecule has 0 spiro atoms. The average molecular weight is 378 g/mol. The third-order valence-electron chi connectivity index (χ3n) is 3.85. The molecule has 0 radical (unpaired) electrons. The molecule has 0 aliphatic carbocycles. The predicted molar refractivity (Wildman–Crippen MR) is 93.8 cm³/mol. The molecule has 7 nitrogen and oxygen atoms in total. The Morgan fingerprint density at radius 2 is 2.11 bits per heavy atom. The minimum absolute atomic E-state index is 0.213. The summed E-state index contributed by atoms with van der Waals surface area (Å²) in [6.45, 7) is 2.08. The molecule has 0 atom stereocenters. The molecule has 3 aromatic rings. The highest BCUT2D eigenvalue weighted by molar-refractivity contribution is 5.92. The van der Waals surface area contributed by atoms with Crippen LogP contribution in [0, 0.1) is 5.82 Å². The molecule has 0 aliphatic rings. The Labute approximate surface area is 152 Å². The minimum atomic E-state index is -2.68. The van der Waals surface area contributed by atoms with E-state index >= 15 is 0 Å². The second-order valence-corrected chi connectivity index (χ2v) is 6.34. The number of pyridine rings is 1. The van der Waals surface area contributed by atoms with Gasteiger partial charge in [-0.25, -0.2) is 28.1 Å². The molecule has 3 rings (SSSR count). The molecular formula is C17H17F3N6O. The third kappa shape index (κ3) is 3.99. The Hall–Kier alpha value is -3.17. The molecule has 0 saturated carbocycles. The summed E-state index contributed by atoms with van der Waals surface area (Å²) in [6, 6.07) is 3.56. The van der Waals surface area contributed by atoms with Crippen LogP contribution in [0.1, 0.15) is 13.8 Å². The van der Waals surface area contributed by atoms with Crippen LogP contribution in [0.5, 0.6) is 0 Å². The van der Waals surface area contributed by atoms with Gasteiger partial charge in [0.25, 0.3) is 6.43 Å². The molecule has 1 amide bonds. The van der Waals surface area contributed by atoms with Crippen LogP contribution >= 0.6 is 0 Å². The van der Waals surface area contributed by atoms with E-state index in [9.17, 15) is 18.0 Å². The zero-order valence-electron chi connectivity index (χ0n) is 14.6. The molecule has 0 bridgehead atoms. The van der Waals surface area contributed by atoms with E-state index in [-0.39, 0.29) is 11.6 Å². The lowest BCUT2D eigenvalue weighted by molar-refractivity contribution is -0.125. The highest BCUT2D eigenvalue weighted by atomic mass is 19.3. The van der Waals surface area contributed by atoms with Gasteiger partial charge in [0.2, 0.25) is 5.91 Å². The van der Waals surface area contributed by atoms with Crippen LogP contribution < -0.4 is 10.6 Å². The summed E-state index contributed by atoms with van der Waals surface area (Å²) in [4.78, 5) is 27.4. The standard InChI is InChI=1S/C17H17F3N6O/c1-17(2,16(27)24-8-12(19)20)26-15-11(18)7-23-14(25-15)10-6-22-13-9(10)4-3-5-21-13/h3-7,12H,8H2,1-2H3,(H,21,22)(H,24,27)(H,23,25,26). The second-order valence-electron chi connectivity index (χ2n) is 6.34. The Balaban J connectivity index is 1.88. The quantitative estimate of drug-likeness (QED) is 0.613. The number of rotatable bonds is 6. The van der Waals surface area contributed by atoms with Crippen molar-refractivity contribution < 1.29 is 18.0 Å². The monoisotopic (exact) mass is 378 g/mol. The van der Waals surface area contributed by atoms with E-state index in [1.54, 1.807) is 18.5 Å². The van der Waals surface area contributed by atoms with Gasteiger partial charge in [0.05, 0.1) is 12.7 Å². The van der Waals surface area contributed by atoms with Gasteiger partial charge >= 0.3 is 0 Å². The van der Waals surface area contributed by atoms with Gasteiger partial charge in [-0.3, -0.25) is 4.79 Å². The maximum absolute atomic E-state index is 14.2. The lowest BCUT2D eigenvalue weighted by atomic mass is 10.0. The number of H-pyrrole nitrogens is 1. The number of alkyl halides is 2. The Morgan fingerprint density at radius 3 is 2.85 bits per heavy atom. The number of fused-ring (bicyclic) bond motifs is 1. The number of aromatic amines is 1. The van der Waals surface area contributed by atoms with Crippen molar-refractivity contribution >= 4 is 22.8 Å². The molecule has 0 unspecified atom stereocenters. The fourth-order valence-electron chi connectivity index (χ4n) is 2.47. The van der Waals surface area contributed by atoms with Gasteiger partial charge in [-0.15, -0.1) is 0 Å². The lowest BCUT2D eigenvalue weighted by Gasteiger charge is -2.26. The predicted octanol–water partition coefficient (Wildman–Crippen LogP) is 2.73. The number of hydrogen-bond acceptors (Lipinski definition) is 5. The molecule has 0 fully saturated rings. The summed E-state index contributed by atoms with van der Waals surface area (Å²) in [5.74, 6) is -1.47. The van der Waals surface area contributed by atoms with Gasteiger partial charge in [-0.1, -0.05) is 0 Å². The van der Waals surface area contributed by atoms with E-state index in [0.29, 0.717) is 11.2 Å². The molecular weight excluding hydrogens is 361 g/mol. The van der Waals surface area contributed by atoms with Crippen molar-refractivity contribution in [2.45, 2.75) is 25.8 Å². The second kappa shape index (κ2) is 7.22. The first-order valence-electron chi connectivity index (χ1n) is 8.07. The van der Waals surface area contributed by atoms with Gasteiger partial charge < -0.3 is 15.6 Å². The number of halogens is 3. The fourth-order valence-corrected chi connectivity index (χ4v) is 2.47. The van der Waals surface area contributed by atoms with Crippen LogP contribution in [0.4, 0.5) is 19.0 Å². The first-order chi connectivity index (χ1) is 12.8. The van der Waals surface area contributed by atoms with Gasteiger partial charge in [-0.2, -0.15) is 0 Å². The molecule has 27 heavy (non-hydrogen) atoms. The lowest BCUT2D eigenvalue weighted by Crippen LogP contribution is -2.49. The largest absolute Gasteiger partial charge is 0.354 e. The zero-order valence-corrected chi connectivity index (χ0v) is 14.6. The molecule has 10 heteroatoms. The molecule has 3 aromatic heterocycles. The topological polar surface area (TPSA) is 95.6 Å². The Bertz CT molecular complexity index is 972. The van der Waals surface area contributed by atoms with Crippen molar-refractivity contribution in [3.63, 3.8) is 0 Å². The van der Waals surface area contributed by atoms with Crippen molar-refractivity contribution in [1.29, 1.82) is 0 Å². The summed E-state index contributed by atoms with van der Waals surface area (Å²) in [7, 11) is 0. The van der Waals surface area contributed by atoms with Crippen molar-refractivity contribution in [1.82, 2.24) is 25.3 Å². The zero-order chi connectivity index (χ0) is 19.6. The SMILES string of the molecule is CC(C)(Nc1nc(-c2c[nH]c3ncccc23)ncc1F)C(=O)NCC(F)F. The van der Waals surface area contributed by atoms with E-state index in [1.807, 2.05) is 6.07 Å². The van der Waals surface area contributed by atoms with Crippen molar-refractivity contribution in [2.75, 3.05) is 11.9 Å². The molecule has 0 aliphatic heterocycles. The van der Waals surface area contributed by atoms with E-state index in [2.05, 4.69) is 30.6 Å². The minimum Gasteiger partial charge on any atom is -0.354 e. The maximum atomic E-state index is 14.2. The van der Waals surface area contributed by atoms with Crippen LogP contribution in [0.25, 0.3) is 22.4 Å².